The summed E-state index contributed by atoms with van der Waals surface area (Å²) in [6.45, 7) is 9.02. The van der Waals surface area contributed by atoms with Gasteiger partial charge in [0.1, 0.15) is 5.82 Å². The number of rotatable bonds is 5. The summed E-state index contributed by atoms with van der Waals surface area (Å²) in [5.41, 5.74) is 0.503. The maximum atomic E-state index is 14.3. The number of methoxy groups -OCH3 is 2. The Balaban J connectivity index is 3.30. The molecule has 0 bridgehead atoms. The molecule has 4 heteroatoms. The lowest BCUT2D eigenvalue weighted by Gasteiger charge is -2.32. The molecule has 108 valence electrons. The Morgan fingerprint density at radius 2 is 1.68 bits per heavy atom. The Kier molecular flexibility index (Phi) is 5.18. The molecule has 0 fully saturated rings. The van der Waals surface area contributed by atoms with Gasteiger partial charge < -0.3 is 14.8 Å². The Bertz CT molecular complexity index is 427. The Hall–Kier alpha value is -1.29. The molecule has 0 saturated heterocycles. The van der Waals surface area contributed by atoms with Crippen molar-refractivity contribution in [3.8, 4) is 11.5 Å². The first-order valence-corrected chi connectivity index (χ1v) is 6.50. The molecule has 1 rings (SSSR count). The minimum atomic E-state index is -0.279. The molecule has 0 radical (unpaired) electrons. The molecule has 0 aromatic heterocycles. The molecule has 1 N–H and O–H groups in total. The van der Waals surface area contributed by atoms with Gasteiger partial charge in [0.05, 0.1) is 14.2 Å². The second-order valence-electron chi connectivity index (χ2n) is 5.59. The highest BCUT2D eigenvalue weighted by atomic mass is 19.1. The van der Waals surface area contributed by atoms with Crippen LogP contribution in [0.4, 0.5) is 4.39 Å². The van der Waals surface area contributed by atoms with Crippen molar-refractivity contribution in [3.05, 3.63) is 23.5 Å². The lowest BCUT2D eigenvalue weighted by Crippen LogP contribution is -2.33. The summed E-state index contributed by atoms with van der Waals surface area (Å²) >= 11 is 0. The van der Waals surface area contributed by atoms with Crippen LogP contribution in [0.5, 0.6) is 11.5 Å². The van der Waals surface area contributed by atoms with Crippen LogP contribution in [-0.2, 0) is 0 Å². The van der Waals surface area contributed by atoms with Crippen molar-refractivity contribution in [2.75, 3.05) is 20.8 Å². The maximum absolute atomic E-state index is 14.3. The minimum Gasteiger partial charge on any atom is -0.493 e. The van der Waals surface area contributed by atoms with Gasteiger partial charge in [-0.1, -0.05) is 27.7 Å². The quantitative estimate of drug-likeness (QED) is 0.887. The van der Waals surface area contributed by atoms with Gasteiger partial charge in [0, 0.05) is 17.7 Å². The number of hydrogen-bond acceptors (Lipinski definition) is 3. The van der Waals surface area contributed by atoms with Crippen LogP contribution >= 0.6 is 0 Å². The van der Waals surface area contributed by atoms with E-state index in [4.69, 9.17) is 9.47 Å². The zero-order valence-electron chi connectivity index (χ0n) is 12.6. The first-order valence-electron chi connectivity index (χ1n) is 6.50. The molecule has 1 unspecified atom stereocenters. The fourth-order valence-corrected chi connectivity index (χ4v) is 2.18. The van der Waals surface area contributed by atoms with Gasteiger partial charge in [0.15, 0.2) is 11.5 Å². The minimum absolute atomic E-state index is 0.0858. The number of ether oxygens (including phenoxy) is 2. The fourth-order valence-electron chi connectivity index (χ4n) is 2.18. The van der Waals surface area contributed by atoms with Crippen LogP contribution in [0.1, 0.15) is 39.3 Å². The van der Waals surface area contributed by atoms with E-state index in [0.29, 0.717) is 17.1 Å². The molecule has 0 saturated carbocycles. The van der Waals surface area contributed by atoms with E-state index in [1.165, 1.54) is 13.2 Å². The highest BCUT2D eigenvalue weighted by Gasteiger charge is 2.29. The molecule has 0 heterocycles. The van der Waals surface area contributed by atoms with Gasteiger partial charge in [0.2, 0.25) is 0 Å². The largest absolute Gasteiger partial charge is 0.493 e. The normalized spacial score (nSPS) is 13.2. The fraction of sp³-hybridized carbons (Fsp3) is 0.600. The SMILES string of the molecule is CCNC(c1cc(OC)c(OC)cc1F)C(C)(C)C. The highest BCUT2D eigenvalue weighted by molar-refractivity contribution is 5.45. The highest BCUT2D eigenvalue weighted by Crippen LogP contribution is 2.38. The van der Waals surface area contributed by atoms with E-state index in [2.05, 4.69) is 26.1 Å². The van der Waals surface area contributed by atoms with Crippen molar-refractivity contribution in [2.24, 2.45) is 5.41 Å². The molecule has 0 aliphatic heterocycles. The van der Waals surface area contributed by atoms with Gasteiger partial charge in [-0.3, -0.25) is 0 Å². The number of nitrogens with one attached hydrogen (secondary N) is 1. The predicted octanol–water partition coefficient (Wildman–Crippen LogP) is 3.54. The van der Waals surface area contributed by atoms with Crippen LogP contribution in [-0.4, -0.2) is 20.8 Å². The van der Waals surface area contributed by atoms with E-state index < -0.39 is 0 Å². The van der Waals surface area contributed by atoms with E-state index in [-0.39, 0.29) is 17.3 Å². The Morgan fingerprint density at radius 1 is 1.16 bits per heavy atom. The topological polar surface area (TPSA) is 30.5 Å². The third kappa shape index (κ3) is 3.60. The first-order chi connectivity index (χ1) is 8.85. The molecule has 0 aliphatic carbocycles. The summed E-state index contributed by atoms with van der Waals surface area (Å²) in [4.78, 5) is 0. The van der Waals surface area contributed by atoms with E-state index in [1.807, 2.05) is 6.92 Å². The number of hydrogen-bond donors (Lipinski definition) is 1. The molecule has 1 atom stereocenters. The van der Waals surface area contributed by atoms with Gasteiger partial charge >= 0.3 is 0 Å². The van der Waals surface area contributed by atoms with Crippen LogP contribution in [0.15, 0.2) is 12.1 Å². The van der Waals surface area contributed by atoms with Gasteiger partial charge in [-0.15, -0.1) is 0 Å². The maximum Gasteiger partial charge on any atom is 0.163 e. The van der Waals surface area contributed by atoms with Crippen molar-refractivity contribution in [1.29, 1.82) is 0 Å². The molecular weight excluding hydrogens is 245 g/mol. The second-order valence-corrected chi connectivity index (χ2v) is 5.59. The summed E-state index contributed by atoms with van der Waals surface area (Å²) in [5.74, 6) is 0.678. The second kappa shape index (κ2) is 6.24. The smallest absolute Gasteiger partial charge is 0.163 e. The van der Waals surface area contributed by atoms with Gasteiger partial charge in [-0.05, 0) is 18.0 Å². The van der Waals surface area contributed by atoms with E-state index in [0.717, 1.165) is 6.54 Å². The van der Waals surface area contributed by atoms with E-state index in [1.54, 1.807) is 13.2 Å². The van der Waals surface area contributed by atoms with Crippen LogP contribution in [0.3, 0.4) is 0 Å². The van der Waals surface area contributed by atoms with Gasteiger partial charge in [-0.25, -0.2) is 4.39 Å². The lowest BCUT2D eigenvalue weighted by atomic mass is 9.82. The summed E-state index contributed by atoms with van der Waals surface area (Å²) in [5, 5.41) is 3.33. The molecule has 19 heavy (non-hydrogen) atoms. The Morgan fingerprint density at radius 3 is 2.11 bits per heavy atom. The summed E-state index contributed by atoms with van der Waals surface area (Å²) in [6.07, 6.45) is 0. The molecule has 0 spiro atoms. The lowest BCUT2D eigenvalue weighted by molar-refractivity contribution is 0.268. The van der Waals surface area contributed by atoms with Gasteiger partial charge in [-0.2, -0.15) is 0 Å². The molecule has 1 aromatic rings. The van der Waals surface area contributed by atoms with Crippen LogP contribution in [0.25, 0.3) is 0 Å². The summed E-state index contributed by atoms with van der Waals surface area (Å²) < 4.78 is 24.6. The monoisotopic (exact) mass is 269 g/mol. The standard InChI is InChI=1S/C15H24FNO2/c1-7-17-14(15(2,3)4)10-8-12(18-5)13(19-6)9-11(10)16/h8-9,14,17H,7H2,1-6H3. The molecule has 3 nitrogen and oxygen atoms in total. The zero-order chi connectivity index (χ0) is 14.6. The third-order valence-corrected chi connectivity index (χ3v) is 3.09. The molecule has 0 amide bonds. The molecular formula is C15H24FNO2. The van der Waals surface area contributed by atoms with Crippen molar-refractivity contribution in [3.63, 3.8) is 0 Å². The van der Waals surface area contributed by atoms with Crippen LogP contribution in [0, 0.1) is 11.2 Å². The van der Waals surface area contributed by atoms with Crippen molar-refractivity contribution >= 4 is 0 Å². The third-order valence-electron chi connectivity index (χ3n) is 3.09. The van der Waals surface area contributed by atoms with Crippen molar-refractivity contribution < 1.29 is 13.9 Å². The van der Waals surface area contributed by atoms with Crippen molar-refractivity contribution in [2.45, 2.75) is 33.7 Å². The van der Waals surface area contributed by atoms with Crippen LogP contribution < -0.4 is 14.8 Å². The zero-order valence-corrected chi connectivity index (χ0v) is 12.6. The average molecular weight is 269 g/mol. The molecule has 1 aromatic carbocycles. The molecule has 0 aliphatic rings. The van der Waals surface area contributed by atoms with Crippen molar-refractivity contribution in [1.82, 2.24) is 5.32 Å². The average Bonchev–Trinajstić information content (AvgIpc) is 2.34. The number of benzene rings is 1. The van der Waals surface area contributed by atoms with Gasteiger partial charge in [0.25, 0.3) is 0 Å². The van der Waals surface area contributed by atoms with E-state index in [9.17, 15) is 4.39 Å². The number of halogens is 1. The summed E-state index contributed by atoms with van der Waals surface area (Å²) in [7, 11) is 3.06. The van der Waals surface area contributed by atoms with Crippen LogP contribution in [0.2, 0.25) is 0 Å². The predicted molar refractivity (Wildman–Crippen MR) is 75.4 cm³/mol. The first kappa shape index (κ1) is 15.8. The van der Waals surface area contributed by atoms with E-state index >= 15 is 0 Å². The summed E-state index contributed by atoms with van der Waals surface area (Å²) in [6, 6.07) is 3.01. The Labute approximate surface area is 115 Å².